The Labute approximate surface area is 120 Å². The molecule has 3 heterocycles. The molecule has 0 bridgehead atoms. The summed E-state index contributed by atoms with van der Waals surface area (Å²) in [5, 5.41) is 7.97. The number of hydrogen-bond acceptors (Lipinski definition) is 6. The molecule has 0 aromatic carbocycles. The second-order valence-corrected chi connectivity index (χ2v) is 5.38. The van der Waals surface area contributed by atoms with Gasteiger partial charge in [-0.2, -0.15) is 16.3 Å². The number of hydrogen-bond donors (Lipinski definition) is 0. The van der Waals surface area contributed by atoms with E-state index in [-0.39, 0.29) is 12.0 Å². The van der Waals surface area contributed by atoms with Gasteiger partial charge in [0, 0.05) is 24.4 Å². The Morgan fingerprint density at radius 3 is 3.30 bits per heavy atom. The Hall–Kier alpha value is -1.89. The smallest absolute Gasteiger partial charge is 0.409 e. The van der Waals surface area contributed by atoms with Gasteiger partial charge in [-0.1, -0.05) is 5.16 Å². The highest BCUT2D eigenvalue weighted by molar-refractivity contribution is 7.08. The molecule has 0 N–H and O–H groups in total. The lowest BCUT2D eigenvalue weighted by molar-refractivity contribution is 0.115. The number of rotatable bonds is 3. The van der Waals surface area contributed by atoms with Crippen molar-refractivity contribution in [3.63, 3.8) is 0 Å². The highest BCUT2D eigenvalue weighted by Gasteiger charge is 2.31. The number of aromatic nitrogens is 2. The zero-order valence-corrected chi connectivity index (χ0v) is 11.9. The molecule has 0 radical (unpaired) electrons. The number of carbonyl (C=O) groups is 1. The molecule has 1 aliphatic rings. The van der Waals surface area contributed by atoms with E-state index in [9.17, 15) is 4.79 Å². The molecule has 2 aromatic heterocycles. The Bertz CT molecular complexity index is 581. The van der Waals surface area contributed by atoms with E-state index in [0.29, 0.717) is 31.4 Å². The van der Waals surface area contributed by atoms with Crippen molar-refractivity contribution in [2.24, 2.45) is 0 Å². The fourth-order valence-corrected chi connectivity index (χ4v) is 2.89. The molecule has 1 aliphatic heterocycles. The fraction of sp³-hybridized carbons (Fsp3) is 0.462. The Morgan fingerprint density at radius 2 is 2.55 bits per heavy atom. The van der Waals surface area contributed by atoms with Crippen LogP contribution in [0.15, 0.2) is 21.3 Å². The first-order chi connectivity index (χ1) is 9.78. The van der Waals surface area contributed by atoms with Gasteiger partial charge in [0.25, 0.3) is 5.89 Å². The van der Waals surface area contributed by atoms with E-state index in [2.05, 4.69) is 10.1 Å². The molecule has 1 saturated heterocycles. The first kappa shape index (κ1) is 13.1. The first-order valence-corrected chi connectivity index (χ1v) is 7.50. The zero-order valence-electron chi connectivity index (χ0n) is 11.1. The molecular formula is C13H15N3O3S. The lowest BCUT2D eigenvalue weighted by Crippen LogP contribution is -2.29. The van der Waals surface area contributed by atoms with Gasteiger partial charge in [0.15, 0.2) is 5.82 Å². The number of ether oxygens (including phenoxy) is 1. The van der Waals surface area contributed by atoms with Crippen LogP contribution in [-0.2, 0) is 4.74 Å². The fourth-order valence-electron chi connectivity index (χ4n) is 2.26. The summed E-state index contributed by atoms with van der Waals surface area (Å²) in [4.78, 5) is 17.8. The topological polar surface area (TPSA) is 68.5 Å². The average Bonchev–Trinajstić information content (AvgIpc) is 3.19. The monoisotopic (exact) mass is 293 g/mol. The highest BCUT2D eigenvalue weighted by atomic mass is 32.1. The van der Waals surface area contributed by atoms with Crippen molar-refractivity contribution >= 4 is 17.4 Å². The maximum atomic E-state index is 11.7. The van der Waals surface area contributed by atoms with E-state index < -0.39 is 0 Å². The van der Waals surface area contributed by atoms with E-state index in [0.717, 1.165) is 12.0 Å². The van der Waals surface area contributed by atoms with Crippen LogP contribution in [0.1, 0.15) is 25.1 Å². The van der Waals surface area contributed by atoms with Crippen LogP contribution in [0.4, 0.5) is 4.79 Å². The summed E-state index contributed by atoms with van der Waals surface area (Å²) < 4.78 is 10.3. The van der Waals surface area contributed by atoms with E-state index in [4.69, 9.17) is 9.26 Å². The number of carbonyl (C=O) groups excluding carboxylic acids is 1. The molecular weight excluding hydrogens is 278 g/mol. The first-order valence-electron chi connectivity index (χ1n) is 6.55. The maximum Gasteiger partial charge on any atom is 0.409 e. The van der Waals surface area contributed by atoms with Gasteiger partial charge in [0.2, 0.25) is 0 Å². The minimum Gasteiger partial charge on any atom is -0.450 e. The molecule has 1 amide bonds. The number of thiophene rings is 1. The predicted molar refractivity (Wildman–Crippen MR) is 73.6 cm³/mol. The van der Waals surface area contributed by atoms with Gasteiger partial charge >= 0.3 is 6.09 Å². The minimum atomic E-state index is -0.267. The van der Waals surface area contributed by atoms with Crippen LogP contribution >= 0.6 is 11.3 Å². The summed E-state index contributed by atoms with van der Waals surface area (Å²) in [6.45, 7) is 3.45. The van der Waals surface area contributed by atoms with Gasteiger partial charge < -0.3 is 14.2 Å². The lowest BCUT2D eigenvalue weighted by Gasteiger charge is -2.14. The van der Waals surface area contributed by atoms with Gasteiger partial charge in [-0.05, 0) is 24.8 Å². The molecule has 1 atom stereocenters. The second kappa shape index (κ2) is 5.62. The Morgan fingerprint density at radius 1 is 1.65 bits per heavy atom. The third kappa shape index (κ3) is 2.53. The van der Waals surface area contributed by atoms with Gasteiger partial charge in [-0.3, -0.25) is 0 Å². The Kier molecular flexibility index (Phi) is 3.68. The van der Waals surface area contributed by atoms with Gasteiger partial charge in [-0.15, -0.1) is 0 Å². The molecule has 20 heavy (non-hydrogen) atoms. The molecule has 6 nitrogen and oxygen atoms in total. The van der Waals surface area contributed by atoms with Crippen molar-refractivity contribution in [3.05, 3.63) is 22.7 Å². The predicted octanol–water partition coefficient (Wildman–Crippen LogP) is 2.74. The number of nitrogens with zero attached hydrogens (tertiary/aromatic N) is 3. The minimum absolute atomic E-state index is 0.121. The van der Waals surface area contributed by atoms with Crippen LogP contribution in [0, 0.1) is 0 Å². The quantitative estimate of drug-likeness (QED) is 0.870. The van der Waals surface area contributed by atoms with E-state index in [1.54, 1.807) is 23.2 Å². The van der Waals surface area contributed by atoms with Crippen LogP contribution in [-0.4, -0.2) is 40.8 Å². The van der Waals surface area contributed by atoms with Crippen LogP contribution in [0.25, 0.3) is 11.5 Å². The maximum absolute atomic E-state index is 11.7. The zero-order chi connectivity index (χ0) is 13.9. The number of likely N-dealkylation sites (tertiary alicyclic amines) is 1. The van der Waals surface area contributed by atoms with Gasteiger partial charge in [0.05, 0.1) is 12.2 Å². The van der Waals surface area contributed by atoms with Crippen molar-refractivity contribution < 1.29 is 14.1 Å². The average molecular weight is 293 g/mol. The molecule has 0 saturated carbocycles. The van der Waals surface area contributed by atoms with Crippen molar-refractivity contribution in [1.29, 1.82) is 0 Å². The molecule has 0 spiro atoms. The van der Waals surface area contributed by atoms with Crippen LogP contribution in [0.3, 0.4) is 0 Å². The van der Waals surface area contributed by atoms with Gasteiger partial charge in [0.1, 0.15) is 0 Å². The highest BCUT2D eigenvalue weighted by Crippen LogP contribution is 2.28. The summed E-state index contributed by atoms with van der Waals surface area (Å²) in [5.74, 6) is 1.32. The van der Waals surface area contributed by atoms with Crippen molar-refractivity contribution in [2.75, 3.05) is 19.7 Å². The molecule has 1 fully saturated rings. The lowest BCUT2D eigenvalue weighted by atomic mass is 10.1. The summed E-state index contributed by atoms with van der Waals surface area (Å²) in [5.41, 5.74) is 0.939. The third-order valence-electron chi connectivity index (χ3n) is 3.29. The SMILES string of the molecule is CCOC(=O)N1CC[C@H](c2noc(-c3ccsc3)n2)C1. The van der Waals surface area contributed by atoms with Crippen molar-refractivity contribution in [2.45, 2.75) is 19.3 Å². The molecule has 106 valence electrons. The summed E-state index contributed by atoms with van der Waals surface area (Å²) >= 11 is 1.59. The third-order valence-corrected chi connectivity index (χ3v) is 3.97. The second-order valence-electron chi connectivity index (χ2n) is 4.60. The molecule has 7 heteroatoms. The van der Waals surface area contributed by atoms with Crippen LogP contribution in [0.5, 0.6) is 0 Å². The summed E-state index contributed by atoms with van der Waals surface area (Å²) in [6, 6.07) is 1.95. The molecule has 0 aliphatic carbocycles. The Balaban J connectivity index is 1.68. The molecule has 2 aromatic rings. The van der Waals surface area contributed by atoms with E-state index in [1.807, 2.05) is 16.8 Å². The van der Waals surface area contributed by atoms with Crippen molar-refractivity contribution in [3.8, 4) is 11.5 Å². The van der Waals surface area contributed by atoms with E-state index >= 15 is 0 Å². The normalized spacial score (nSPS) is 18.4. The summed E-state index contributed by atoms with van der Waals surface area (Å²) in [7, 11) is 0. The van der Waals surface area contributed by atoms with Crippen LogP contribution < -0.4 is 0 Å². The van der Waals surface area contributed by atoms with Gasteiger partial charge in [-0.25, -0.2) is 4.79 Å². The number of amides is 1. The standard InChI is InChI=1S/C13H15N3O3S/c1-2-18-13(17)16-5-3-9(7-16)11-14-12(19-15-11)10-4-6-20-8-10/h4,6,8-9H,2-3,5,7H2,1H3/t9-/m0/s1. The largest absolute Gasteiger partial charge is 0.450 e. The van der Waals surface area contributed by atoms with Crippen molar-refractivity contribution in [1.82, 2.24) is 15.0 Å². The summed E-state index contributed by atoms with van der Waals surface area (Å²) in [6.07, 6.45) is 0.568. The molecule has 3 rings (SSSR count). The van der Waals surface area contributed by atoms with E-state index in [1.165, 1.54) is 0 Å². The molecule has 0 unspecified atom stereocenters. The van der Waals surface area contributed by atoms with Crippen LogP contribution in [0.2, 0.25) is 0 Å².